The molecule has 2 aromatic heterocycles. The molecule has 1 aromatic carbocycles. The van der Waals surface area contributed by atoms with Gasteiger partial charge in [0.2, 0.25) is 10.0 Å². The second-order valence-electron chi connectivity index (χ2n) is 8.86. The second-order valence-corrected chi connectivity index (χ2v) is 13.5. The Labute approximate surface area is 229 Å². The van der Waals surface area contributed by atoms with Gasteiger partial charge in [-0.25, -0.2) is 8.42 Å². The van der Waals surface area contributed by atoms with Gasteiger partial charge in [0.1, 0.15) is 11.5 Å². The van der Waals surface area contributed by atoms with Crippen molar-refractivity contribution in [3.05, 3.63) is 64.8 Å². The van der Waals surface area contributed by atoms with Crippen LogP contribution in [-0.4, -0.2) is 70.8 Å². The molecular weight excluding hydrogens is 576 g/mol. The number of sulfonamides is 1. The predicted octanol–water partition coefficient (Wildman–Crippen LogP) is 3.55. The third kappa shape index (κ3) is 5.76. The third-order valence-electron chi connectivity index (χ3n) is 6.22. The molecular formula is C23H24Cl2N5O6PS. The first-order valence-corrected chi connectivity index (χ1v) is 15.6. The van der Waals surface area contributed by atoms with E-state index < -0.39 is 29.2 Å². The highest BCUT2D eigenvalue weighted by Gasteiger charge is 2.36. The molecule has 11 nitrogen and oxygen atoms in total. The SMILES string of the molecule is O=P(O)(O)CN(c1ccc2c(ccn2-c2ccc(N3CCOCC3)nn2)c1)S(=O)(=O)C1C=C(Cl)C=C(Cl)C1. The van der Waals surface area contributed by atoms with Gasteiger partial charge >= 0.3 is 7.60 Å². The van der Waals surface area contributed by atoms with Crippen molar-refractivity contribution in [1.29, 1.82) is 0 Å². The molecule has 1 unspecified atom stereocenters. The van der Waals surface area contributed by atoms with Gasteiger partial charge in [0.05, 0.1) is 24.4 Å². The summed E-state index contributed by atoms with van der Waals surface area (Å²) in [4.78, 5) is 21.5. The van der Waals surface area contributed by atoms with Gasteiger partial charge < -0.3 is 19.4 Å². The number of fused-ring (bicyclic) bond motifs is 1. The van der Waals surface area contributed by atoms with Gasteiger partial charge in [-0.15, -0.1) is 10.2 Å². The Balaban J connectivity index is 1.48. The predicted molar refractivity (Wildman–Crippen MR) is 146 cm³/mol. The Morgan fingerprint density at radius 2 is 1.79 bits per heavy atom. The number of aromatic nitrogens is 3. The highest BCUT2D eigenvalue weighted by Crippen LogP contribution is 2.41. The van der Waals surface area contributed by atoms with Crippen LogP contribution in [0.1, 0.15) is 6.42 Å². The van der Waals surface area contributed by atoms with Crippen molar-refractivity contribution in [1.82, 2.24) is 14.8 Å². The molecule has 2 N–H and O–H groups in total. The smallest absolute Gasteiger partial charge is 0.345 e. The minimum Gasteiger partial charge on any atom is -0.378 e. The minimum atomic E-state index is -4.77. The number of benzene rings is 1. The maximum atomic E-state index is 13.5. The summed E-state index contributed by atoms with van der Waals surface area (Å²) in [6.07, 6.45) is 3.43. The van der Waals surface area contributed by atoms with Crippen LogP contribution in [0.15, 0.2) is 64.8 Å². The van der Waals surface area contributed by atoms with E-state index in [0.29, 0.717) is 29.9 Å². The fourth-order valence-corrected chi connectivity index (χ4v) is 8.23. The fourth-order valence-electron chi connectivity index (χ4n) is 4.41. The molecule has 1 saturated heterocycles. The molecule has 1 aliphatic heterocycles. The summed E-state index contributed by atoms with van der Waals surface area (Å²) in [7, 11) is -9.07. The molecule has 1 atom stereocenters. The molecule has 3 aromatic rings. The molecule has 5 rings (SSSR count). The zero-order valence-electron chi connectivity index (χ0n) is 19.9. The average Bonchev–Trinajstić information content (AvgIpc) is 3.30. The van der Waals surface area contributed by atoms with Gasteiger partial charge in [-0.1, -0.05) is 23.2 Å². The normalized spacial score (nSPS) is 18.8. The van der Waals surface area contributed by atoms with E-state index in [1.807, 2.05) is 12.1 Å². The lowest BCUT2D eigenvalue weighted by atomic mass is 10.2. The molecule has 2 aliphatic rings. The number of morpholine rings is 1. The first-order chi connectivity index (χ1) is 18.0. The van der Waals surface area contributed by atoms with Gasteiger partial charge in [0, 0.05) is 41.2 Å². The van der Waals surface area contributed by atoms with Crippen LogP contribution >= 0.6 is 30.8 Å². The maximum absolute atomic E-state index is 13.5. The Bertz CT molecular complexity index is 1560. The molecule has 0 bridgehead atoms. The number of allylic oxidation sites excluding steroid dienone is 3. The Morgan fingerprint density at radius 1 is 1.08 bits per heavy atom. The highest BCUT2D eigenvalue weighted by atomic mass is 35.5. The van der Waals surface area contributed by atoms with Crippen molar-refractivity contribution >= 4 is 63.2 Å². The van der Waals surface area contributed by atoms with E-state index >= 15 is 0 Å². The summed E-state index contributed by atoms with van der Waals surface area (Å²) in [6.45, 7) is 2.75. The lowest BCUT2D eigenvalue weighted by molar-refractivity contribution is 0.122. The van der Waals surface area contributed by atoms with E-state index in [9.17, 15) is 22.8 Å². The van der Waals surface area contributed by atoms with Crippen LogP contribution in [0.25, 0.3) is 16.7 Å². The number of ether oxygens (including phenoxy) is 1. The lowest BCUT2D eigenvalue weighted by Crippen LogP contribution is -2.39. The van der Waals surface area contributed by atoms with Crippen LogP contribution in [-0.2, 0) is 19.3 Å². The molecule has 0 saturated carbocycles. The molecule has 202 valence electrons. The third-order valence-corrected chi connectivity index (χ3v) is 9.58. The van der Waals surface area contributed by atoms with Crippen molar-refractivity contribution < 1.29 is 27.5 Å². The zero-order valence-corrected chi connectivity index (χ0v) is 23.1. The minimum absolute atomic E-state index is 0.0600. The van der Waals surface area contributed by atoms with Crippen LogP contribution in [0, 0.1) is 0 Å². The molecule has 0 amide bonds. The Morgan fingerprint density at radius 3 is 2.45 bits per heavy atom. The zero-order chi connectivity index (χ0) is 27.1. The van der Waals surface area contributed by atoms with Gasteiger partial charge in [-0.05, 0) is 48.6 Å². The number of nitrogens with zero attached hydrogens (tertiary/aromatic N) is 5. The second kappa shape index (κ2) is 10.6. The van der Waals surface area contributed by atoms with E-state index in [-0.39, 0.29) is 22.2 Å². The van der Waals surface area contributed by atoms with Crippen molar-refractivity contribution in [2.24, 2.45) is 0 Å². The average molecular weight is 600 g/mol. The number of anilines is 2. The van der Waals surface area contributed by atoms with Gasteiger partial charge in [0.15, 0.2) is 11.6 Å². The van der Waals surface area contributed by atoms with E-state index in [1.165, 1.54) is 18.2 Å². The number of hydrogen-bond donors (Lipinski definition) is 2. The van der Waals surface area contributed by atoms with Crippen molar-refractivity contribution in [3.63, 3.8) is 0 Å². The summed E-state index contributed by atoms with van der Waals surface area (Å²) < 4.78 is 46.9. The van der Waals surface area contributed by atoms with Crippen LogP contribution in [0.3, 0.4) is 0 Å². The Hall–Kier alpha value is -2.44. The molecule has 0 spiro atoms. The summed E-state index contributed by atoms with van der Waals surface area (Å²) in [6, 6.07) is 10.2. The van der Waals surface area contributed by atoms with Gasteiger partial charge in [0.25, 0.3) is 0 Å². The molecule has 15 heteroatoms. The number of hydrogen-bond acceptors (Lipinski definition) is 7. The molecule has 1 fully saturated rings. The fraction of sp³-hybridized carbons (Fsp3) is 0.304. The molecule has 1 aliphatic carbocycles. The summed E-state index contributed by atoms with van der Waals surface area (Å²) >= 11 is 12.1. The monoisotopic (exact) mass is 599 g/mol. The summed E-state index contributed by atoms with van der Waals surface area (Å²) in [5, 5.41) is 8.52. The summed E-state index contributed by atoms with van der Waals surface area (Å²) in [5.74, 6) is 1.31. The van der Waals surface area contributed by atoms with Crippen molar-refractivity contribution in [2.75, 3.05) is 41.8 Å². The Kier molecular flexibility index (Phi) is 7.58. The van der Waals surface area contributed by atoms with Crippen LogP contribution in [0.4, 0.5) is 11.5 Å². The van der Waals surface area contributed by atoms with E-state index in [4.69, 9.17) is 27.9 Å². The van der Waals surface area contributed by atoms with Crippen LogP contribution < -0.4 is 9.21 Å². The first-order valence-electron chi connectivity index (χ1n) is 11.6. The molecule has 0 radical (unpaired) electrons. The number of rotatable bonds is 7. The van der Waals surface area contributed by atoms with Crippen molar-refractivity contribution in [3.8, 4) is 5.82 Å². The van der Waals surface area contributed by atoms with Crippen LogP contribution in [0.2, 0.25) is 0 Å². The highest BCUT2D eigenvalue weighted by molar-refractivity contribution is 7.93. The maximum Gasteiger partial charge on any atom is 0.345 e. The largest absolute Gasteiger partial charge is 0.378 e. The van der Waals surface area contributed by atoms with Gasteiger partial charge in [-0.3, -0.25) is 13.4 Å². The summed E-state index contributed by atoms with van der Waals surface area (Å²) in [5.41, 5.74) is 0.810. The van der Waals surface area contributed by atoms with Crippen LogP contribution in [0.5, 0.6) is 0 Å². The first kappa shape index (κ1) is 27.1. The van der Waals surface area contributed by atoms with E-state index in [1.54, 1.807) is 29.0 Å². The quantitative estimate of drug-likeness (QED) is 0.390. The van der Waals surface area contributed by atoms with Gasteiger partial charge in [-0.2, -0.15) is 0 Å². The molecule has 38 heavy (non-hydrogen) atoms. The topological polar surface area (TPSA) is 138 Å². The van der Waals surface area contributed by atoms with Crippen molar-refractivity contribution in [2.45, 2.75) is 11.7 Å². The number of halogens is 2. The molecule has 3 heterocycles. The lowest BCUT2D eigenvalue weighted by Gasteiger charge is -2.29. The van der Waals surface area contributed by atoms with E-state index in [0.717, 1.165) is 23.2 Å². The standard InChI is InChI=1S/C23H24Cl2N5O6PS/c24-17-12-18(25)14-20(13-17)38(34,35)30(15-37(31,32)33)19-1-2-21-16(11-19)5-6-29(21)23-4-3-22(26-27-23)28-7-9-36-10-8-28/h1-6,11-13,20H,7-10,14-15H2,(H2,31,32,33). The van der Waals surface area contributed by atoms with E-state index in [2.05, 4.69) is 15.1 Å².